The fourth-order valence-corrected chi connectivity index (χ4v) is 2.25. The van der Waals surface area contributed by atoms with Gasteiger partial charge in [0, 0.05) is 18.7 Å². The molecule has 0 saturated heterocycles. The molecule has 1 aromatic heterocycles. The summed E-state index contributed by atoms with van der Waals surface area (Å²) in [6.45, 7) is 9.07. The van der Waals surface area contributed by atoms with Gasteiger partial charge in [0.25, 0.3) is 5.91 Å². The van der Waals surface area contributed by atoms with Crippen LogP contribution < -0.4 is 5.56 Å². The van der Waals surface area contributed by atoms with E-state index in [9.17, 15) is 9.59 Å². The van der Waals surface area contributed by atoms with Crippen LogP contribution in [0.25, 0.3) is 0 Å². The van der Waals surface area contributed by atoms with Crippen LogP contribution in [0.5, 0.6) is 0 Å². The van der Waals surface area contributed by atoms with E-state index < -0.39 is 0 Å². The van der Waals surface area contributed by atoms with Gasteiger partial charge in [-0.25, -0.2) is 0 Å². The zero-order valence-electron chi connectivity index (χ0n) is 12.3. The van der Waals surface area contributed by atoms with Gasteiger partial charge in [-0.05, 0) is 24.8 Å². The molecule has 1 amide bonds. The maximum absolute atomic E-state index is 12.5. The van der Waals surface area contributed by atoms with Gasteiger partial charge in [0.1, 0.15) is 5.69 Å². The summed E-state index contributed by atoms with van der Waals surface area (Å²) in [5.74, 6) is 0.320. The molecule has 0 radical (unpaired) electrons. The molecule has 0 unspecified atom stereocenters. The number of aromatic amines is 1. The lowest BCUT2D eigenvalue weighted by Gasteiger charge is -2.32. The van der Waals surface area contributed by atoms with Crippen LogP contribution in [0.3, 0.4) is 0 Å². The molecule has 4 nitrogen and oxygen atoms in total. The molecule has 1 rings (SSSR count). The van der Waals surface area contributed by atoms with Crippen molar-refractivity contribution in [1.82, 2.24) is 9.88 Å². The molecule has 1 heterocycles. The van der Waals surface area contributed by atoms with Crippen LogP contribution in [-0.4, -0.2) is 28.4 Å². The minimum Gasteiger partial charge on any atom is -0.334 e. The average molecular weight is 264 g/mol. The van der Waals surface area contributed by atoms with E-state index in [4.69, 9.17) is 0 Å². The molecule has 19 heavy (non-hydrogen) atoms. The second kappa shape index (κ2) is 7.12. The summed E-state index contributed by atoms with van der Waals surface area (Å²) in [4.78, 5) is 28.4. The zero-order valence-corrected chi connectivity index (χ0v) is 12.3. The minimum absolute atomic E-state index is 0.0832. The summed E-state index contributed by atoms with van der Waals surface area (Å²) in [7, 11) is 0. The maximum atomic E-state index is 12.5. The molecule has 0 fully saturated rings. The first kappa shape index (κ1) is 15.5. The fraction of sp³-hybridized carbons (Fsp3) is 0.600. The van der Waals surface area contributed by atoms with E-state index in [0.717, 1.165) is 12.8 Å². The highest BCUT2D eigenvalue weighted by Crippen LogP contribution is 2.14. The second-order valence-electron chi connectivity index (χ2n) is 5.25. The molecule has 1 aromatic rings. The van der Waals surface area contributed by atoms with E-state index in [1.165, 1.54) is 6.07 Å². The number of hydrogen-bond acceptors (Lipinski definition) is 2. The molecule has 0 aliphatic rings. The molecule has 106 valence electrons. The summed E-state index contributed by atoms with van der Waals surface area (Å²) in [6.07, 6.45) is 1.85. The largest absolute Gasteiger partial charge is 0.334 e. The molecule has 0 aliphatic carbocycles. The standard InChI is InChI=1S/C15H24N2O2/c1-5-12(6-2)17(10-11(3)4)15(19)13-8-7-9-14(18)16-13/h7-9,11-12H,5-6,10H2,1-4H3,(H,16,18). The number of carbonyl (C=O) groups is 1. The normalized spacial score (nSPS) is 11.1. The predicted octanol–water partition coefficient (Wildman–Crippen LogP) is 2.66. The highest BCUT2D eigenvalue weighted by atomic mass is 16.2. The Bertz CT molecular complexity index is 461. The topological polar surface area (TPSA) is 53.2 Å². The van der Waals surface area contributed by atoms with Crippen molar-refractivity contribution in [3.63, 3.8) is 0 Å². The molecule has 0 aromatic carbocycles. The summed E-state index contributed by atoms with van der Waals surface area (Å²) in [5.41, 5.74) is 0.139. The monoisotopic (exact) mass is 264 g/mol. The number of amides is 1. The minimum atomic E-state index is -0.236. The Hall–Kier alpha value is -1.58. The molecular weight excluding hydrogens is 240 g/mol. The third-order valence-corrected chi connectivity index (χ3v) is 3.20. The van der Waals surface area contributed by atoms with Crippen molar-refractivity contribution >= 4 is 5.91 Å². The number of aromatic nitrogens is 1. The quantitative estimate of drug-likeness (QED) is 0.858. The van der Waals surface area contributed by atoms with Gasteiger partial charge in [0.15, 0.2) is 0 Å². The summed E-state index contributed by atoms with van der Waals surface area (Å²) < 4.78 is 0. The van der Waals surface area contributed by atoms with Crippen molar-refractivity contribution in [3.05, 3.63) is 34.2 Å². The molecule has 4 heteroatoms. The van der Waals surface area contributed by atoms with Crippen molar-refractivity contribution in [2.75, 3.05) is 6.54 Å². The van der Waals surface area contributed by atoms with Crippen molar-refractivity contribution in [3.8, 4) is 0 Å². The lowest BCUT2D eigenvalue weighted by Crippen LogP contribution is -2.42. The lowest BCUT2D eigenvalue weighted by molar-refractivity contribution is 0.0634. The molecule has 1 N–H and O–H groups in total. The number of hydrogen-bond donors (Lipinski definition) is 1. The van der Waals surface area contributed by atoms with Gasteiger partial charge >= 0.3 is 0 Å². The number of nitrogens with one attached hydrogen (secondary N) is 1. The van der Waals surface area contributed by atoms with Crippen LogP contribution in [-0.2, 0) is 0 Å². The number of carbonyl (C=O) groups excluding carboxylic acids is 1. The first-order chi connectivity index (χ1) is 8.99. The van der Waals surface area contributed by atoms with E-state index in [-0.39, 0.29) is 17.5 Å². The summed E-state index contributed by atoms with van der Waals surface area (Å²) >= 11 is 0. The van der Waals surface area contributed by atoms with E-state index in [1.54, 1.807) is 12.1 Å². The molecule has 0 aliphatic heterocycles. The molecular formula is C15H24N2O2. The van der Waals surface area contributed by atoms with Crippen LogP contribution in [0.2, 0.25) is 0 Å². The van der Waals surface area contributed by atoms with Crippen molar-refractivity contribution in [2.45, 2.75) is 46.6 Å². The Morgan fingerprint density at radius 2 is 1.89 bits per heavy atom. The first-order valence-corrected chi connectivity index (χ1v) is 6.99. The zero-order chi connectivity index (χ0) is 14.4. The third kappa shape index (κ3) is 4.23. The summed E-state index contributed by atoms with van der Waals surface area (Å²) in [6, 6.07) is 4.92. The van der Waals surface area contributed by atoms with Gasteiger partial charge in [0.05, 0.1) is 0 Å². The Kier molecular flexibility index (Phi) is 5.80. The van der Waals surface area contributed by atoms with Crippen LogP contribution in [0.4, 0.5) is 0 Å². The molecule has 0 bridgehead atoms. The van der Waals surface area contributed by atoms with E-state index in [0.29, 0.717) is 18.2 Å². The van der Waals surface area contributed by atoms with E-state index in [1.807, 2.05) is 4.90 Å². The van der Waals surface area contributed by atoms with Gasteiger partial charge in [-0.3, -0.25) is 9.59 Å². The van der Waals surface area contributed by atoms with Gasteiger partial charge in [-0.2, -0.15) is 0 Å². The average Bonchev–Trinajstić information content (AvgIpc) is 2.37. The van der Waals surface area contributed by atoms with Crippen molar-refractivity contribution < 1.29 is 4.79 Å². The maximum Gasteiger partial charge on any atom is 0.270 e. The van der Waals surface area contributed by atoms with Gasteiger partial charge in [-0.15, -0.1) is 0 Å². The Morgan fingerprint density at radius 1 is 1.26 bits per heavy atom. The number of nitrogens with zero attached hydrogens (tertiary/aromatic N) is 1. The number of pyridine rings is 1. The smallest absolute Gasteiger partial charge is 0.270 e. The van der Waals surface area contributed by atoms with Gasteiger partial charge in [0.2, 0.25) is 5.56 Å². The van der Waals surface area contributed by atoms with Crippen LogP contribution >= 0.6 is 0 Å². The Balaban J connectivity index is 3.03. The highest BCUT2D eigenvalue weighted by molar-refractivity contribution is 5.92. The van der Waals surface area contributed by atoms with E-state index >= 15 is 0 Å². The fourth-order valence-electron chi connectivity index (χ4n) is 2.25. The van der Waals surface area contributed by atoms with Crippen molar-refractivity contribution in [1.29, 1.82) is 0 Å². The lowest BCUT2D eigenvalue weighted by atomic mass is 10.1. The van der Waals surface area contributed by atoms with Gasteiger partial charge < -0.3 is 9.88 Å². The second-order valence-corrected chi connectivity index (χ2v) is 5.25. The summed E-state index contributed by atoms with van der Waals surface area (Å²) in [5, 5.41) is 0. The van der Waals surface area contributed by atoms with Crippen LogP contribution in [0.1, 0.15) is 51.0 Å². The van der Waals surface area contributed by atoms with Crippen molar-refractivity contribution in [2.24, 2.45) is 5.92 Å². The molecule has 0 spiro atoms. The van der Waals surface area contributed by atoms with Crippen LogP contribution in [0.15, 0.2) is 23.0 Å². The van der Waals surface area contributed by atoms with E-state index in [2.05, 4.69) is 32.7 Å². The molecule has 0 saturated carbocycles. The Morgan fingerprint density at radius 3 is 2.37 bits per heavy atom. The third-order valence-electron chi connectivity index (χ3n) is 3.20. The van der Waals surface area contributed by atoms with Crippen LogP contribution in [0, 0.1) is 5.92 Å². The molecule has 0 atom stereocenters. The number of rotatable bonds is 6. The van der Waals surface area contributed by atoms with Gasteiger partial charge in [-0.1, -0.05) is 33.8 Å². The number of H-pyrrole nitrogens is 1. The highest BCUT2D eigenvalue weighted by Gasteiger charge is 2.23. The Labute approximate surface area is 114 Å². The predicted molar refractivity (Wildman–Crippen MR) is 77.3 cm³/mol. The SMILES string of the molecule is CCC(CC)N(CC(C)C)C(=O)c1cccc(=O)[nH]1. The first-order valence-electron chi connectivity index (χ1n) is 6.99.